The van der Waals surface area contributed by atoms with Gasteiger partial charge in [0.1, 0.15) is 10.3 Å². The Morgan fingerprint density at radius 3 is 2.39 bits per heavy atom. The van der Waals surface area contributed by atoms with Crippen LogP contribution < -0.4 is 5.32 Å². The van der Waals surface area contributed by atoms with Crippen molar-refractivity contribution in [1.82, 2.24) is 5.32 Å². The molecular formula is C11H8Cl2FNO3. The van der Waals surface area contributed by atoms with Gasteiger partial charge in [-0.3, -0.25) is 4.79 Å². The van der Waals surface area contributed by atoms with Gasteiger partial charge in [-0.2, -0.15) is 0 Å². The third kappa shape index (κ3) is 3.45. The summed E-state index contributed by atoms with van der Waals surface area (Å²) in [5.41, 5.74) is -0.692. The van der Waals surface area contributed by atoms with Gasteiger partial charge in [0, 0.05) is 0 Å². The summed E-state index contributed by atoms with van der Waals surface area (Å²) < 4.78 is 17.2. The molecule has 0 atom stereocenters. The lowest BCUT2D eigenvalue weighted by molar-refractivity contribution is -0.136. The first-order valence-corrected chi connectivity index (χ1v) is 5.42. The monoisotopic (exact) mass is 291 g/mol. The van der Waals surface area contributed by atoms with E-state index in [1.165, 1.54) is 18.2 Å². The molecule has 0 aliphatic heterocycles. The van der Waals surface area contributed by atoms with Crippen molar-refractivity contribution in [2.24, 2.45) is 0 Å². The van der Waals surface area contributed by atoms with Crippen molar-refractivity contribution in [2.75, 3.05) is 7.11 Å². The smallest absolute Gasteiger partial charge is 0.357 e. The number of esters is 1. The maximum absolute atomic E-state index is 13.3. The minimum atomic E-state index is -0.931. The fraction of sp³-hybridized carbons (Fsp3) is 0.0909. The molecule has 0 spiro atoms. The van der Waals surface area contributed by atoms with Crippen LogP contribution in [0, 0.1) is 5.82 Å². The van der Waals surface area contributed by atoms with E-state index in [-0.39, 0.29) is 5.56 Å². The van der Waals surface area contributed by atoms with E-state index in [0.717, 1.165) is 13.2 Å². The molecule has 1 N–H and O–H groups in total. The second kappa shape index (κ2) is 6.37. The zero-order valence-corrected chi connectivity index (χ0v) is 10.7. The summed E-state index contributed by atoms with van der Waals surface area (Å²) in [6.45, 7) is 0. The Morgan fingerprint density at radius 1 is 1.28 bits per heavy atom. The zero-order chi connectivity index (χ0) is 13.7. The van der Waals surface area contributed by atoms with Crippen molar-refractivity contribution < 1.29 is 18.7 Å². The van der Waals surface area contributed by atoms with Gasteiger partial charge in [-0.25, -0.2) is 9.18 Å². The topological polar surface area (TPSA) is 55.4 Å². The molecular weight excluding hydrogens is 284 g/mol. The first-order valence-electron chi connectivity index (χ1n) is 4.66. The second-order valence-corrected chi connectivity index (χ2v) is 4.01. The lowest BCUT2D eigenvalue weighted by Gasteiger charge is -2.08. The Balaban J connectivity index is 2.98. The molecule has 0 aliphatic carbocycles. The normalized spacial score (nSPS) is 9.56. The highest BCUT2D eigenvalue weighted by Crippen LogP contribution is 2.14. The minimum absolute atomic E-state index is 0.242. The highest BCUT2D eigenvalue weighted by Gasteiger charge is 2.19. The zero-order valence-electron chi connectivity index (χ0n) is 9.17. The molecule has 0 radical (unpaired) electrons. The Bertz CT molecular complexity index is 513. The average molecular weight is 292 g/mol. The number of ether oxygens (including phenoxy) is 1. The summed E-state index contributed by atoms with van der Waals surface area (Å²) in [5, 5.41) is 2.09. The number of halogens is 3. The van der Waals surface area contributed by atoms with Gasteiger partial charge in [0.25, 0.3) is 5.91 Å². The molecule has 1 aromatic carbocycles. The summed E-state index contributed by atoms with van der Waals surface area (Å²) in [6, 6.07) is 5.26. The second-order valence-electron chi connectivity index (χ2n) is 3.06. The Hall–Kier alpha value is -1.59. The first kappa shape index (κ1) is 14.5. The molecule has 18 heavy (non-hydrogen) atoms. The lowest BCUT2D eigenvalue weighted by atomic mass is 10.2. The van der Waals surface area contributed by atoms with E-state index >= 15 is 0 Å². The third-order valence-electron chi connectivity index (χ3n) is 1.94. The van der Waals surface area contributed by atoms with Crippen LogP contribution in [0.3, 0.4) is 0 Å². The summed E-state index contributed by atoms with van der Waals surface area (Å²) in [7, 11) is 1.09. The molecule has 96 valence electrons. The number of rotatable bonds is 3. The van der Waals surface area contributed by atoms with Crippen LogP contribution in [0.4, 0.5) is 4.39 Å². The first-order chi connectivity index (χ1) is 8.47. The molecule has 1 amide bonds. The molecule has 1 aromatic rings. The van der Waals surface area contributed by atoms with Gasteiger partial charge in [0.2, 0.25) is 0 Å². The van der Waals surface area contributed by atoms with Gasteiger partial charge in [0.15, 0.2) is 5.70 Å². The van der Waals surface area contributed by atoms with E-state index in [9.17, 15) is 14.0 Å². The largest absolute Gasteiger partial charge is 0.464 e. The van der Waals surface area contributed by atoms with Crippen molar-refractivity contribution in [3.05, 3.63) is 45.8 Å². The molecule has 0 saturated heterocycles. The van der Waals surface area contributed by atoms with E-state index in [4.69, 9.17) is 23.2 Å². The number of methoxy groups -OCH3 is 1. The Kier molecular flexibility index (Phi) is 5.12. The molecule has 0 bridgehead atoms. The molecule has 0 saturated carbocycles. The summed E-state index contributed by atoms with van der Waals surface area (Å²) in [6.07, 6.45) is 0. The fourth-order valence-corrected chi connectivity index (χ4v) is 1.35. The molecule has 7 heteroatoms. The molecule has 0 unspecified atom stereocenters. The van der Waals surface area contributed by atoms with Gasteiger partial charge < -0.3 is 10.1 Å². The van der Waals surface area contributed by atoms with Crippen LogP contribution in [0.15, 0.2) is 34.5 Å². The molecule has 1 rings (SSSR count). The van der Waals surface area contributed by atoms with Crippen LogP contribution in [0.2, 0.25) is 0 Å². The van der Waals surface area contributed by atoms with Crippen LogP contribution >= 0.6 is 23.2 Å². The predicted octanol–water partition coefficient (Wildman–Crippen LogP) is 2.38. The number of hydrogen-bond acceptors (Lipinski definition) is 3. The van der Waals surface area contributed by atoms with Gasteiger partial charge in [-0.1, -0.05) is 35.3 Å². The summed E-state index contributed by atoms with van der Waals surface area (Å²) >= 11 is 10.8. The molecule has 0 aliphatic rings. The number of carbonyl (C=O) groups is 2. The SMILES string of the molecule is COC(=O)C(NC(=O)c1ccccc1F)=C(Cl)Cl. The van der Waals surface area contributed by atoms with Gasteiger partial charge in [-0.15, -0.1) is 0 Å². The van der Waals surface area contributed by atoms with Crippen molar-refractivity contribution in [1.29, 1.82) is 0 Å². The molecule has 0 aromatic heterocycles. The van der Waals surface area contributed by atoms with Crippen LogP contribution in [-0.2, 0) is 9.53 Å². The van der Waals surface area contributed by atoms with E-state index in [1.54, 1.807) is 0 Å². The van der Waals surface area contributed by atoms with Crippen LogP contribution in [0.1, 0.15) is 10.4 Å². The Morgan fingerprint density at radius 2 is 1.89 bits per heavy atom. The molecule has 0 fully saturated rings. The van der Waals surface area contributed by atoms with Crippen molar-refractivity contribution in [3.63, 3.8) is 0 Å². The van der Waals surface area contributed by atoms with E-state index < -0.39 is 27.9 Å². The number of nitrogens with one attached hydrogen (secondary N) is 1. The number of amides is 1. The number of benzene rings is 1. The maximum atomic E-state index is 13.3. The van der Waals surface area contributed by atoms with E-state index in [0.29, 0.717) is 0 Å². The fourth-order valence-electron chi connectivity index (χ4n) is 1.10. The average Bonchev–Trinajstić information content (AvgIpc) is 2.35. The van der Waals surface area contributed by atoms with E-state index in [2.05, 4.69) is 10.1 Å². The maximum Gasteiger partial charge on any atom is 0.357 e. The highest BCUT2D eigenvalue weighted by molar-refractivity contribution is 6.57. The van der Waals surface area contributed by atoms with Crippen molar-refractivity contribution >= 4 is 35.1 Å². The standard InChI is InChI=1S/C11H8Cl2FNO3/c1-18-11(17)8(9(12)13)15-10(16)6-4-2-3-5-7(6)14/h2-5H,1H3,(H,15,16). The third-order valence-corrected chi connectivity index (χ3v) is 2.31. The molecule has 4 nitrogen and oxygen atoms in total. The quantitative estimate of drug-likeness (QED) is 0.687. The van der Waals surface area contributed by atoms with E-state index in [1.807, 2.05) is 0 Å². The van der Waals surface area contributed by atoms with Crippen LogP contribution in [0.25, 0.3) is 0 Å². The van der Waals surface area contributed by atoms with Crippen molar-refractivity contribution in [3.8, 4) is 0 Å². The van der Waals surface area contributed by atoms with Gasteiger partial charge >= 0.3 is 5.97 Å². The Labute approximate surface area is 112 Å². The highest BCUT2D eigenvalue weighted by atomic mass is 35.5. The van der Waals surface area contributed by atoms with Crippen LogP contribution in [-0.4, -0.2) is 19.0 Å². The summed E-state index contributed by atoms with van der Waals surface area (Å²) in [4.78, 5) is 22.9. The predicted molar refractivity (Wildman–Crippen MR) is 64.6 cm³/mol. The van der Waals surface area contributed by atoms with Gasteiger partial charge in [0.05, 0.1) is 12.7 Å². The summed E-state index contributed by atoms with van der Waals surface area (Å²) in [5.74, 6) is -2.52. The lowest BCUT2D eigenvalue weighted by Crippen LogP contribution is -2.29. The van der Waals surface area contributed by atoms with Gasteiger partial charge in [-0.05, 0) is 12.1 Å². The molecule has 0 heterocycles. The number of hydrogen-bond donors (Lipinski definition) is 1. The van der Waals surface area contributed by atoms with Crippen LogP contribution in [0.5, 0.6) is 0 Å². The minimum Gasteiger partial charge on any atom is -0.464 e. The van der Waals surface area contributed by atoms with Crippen molar-refractivity contribution in [2.45, 2.75) is 0 Å². The number of carbonyl (C=O) groups excluding carboxylic acids is 2.